The molecule has 0 spiro atoms. The zero-order valence-electron chi connectivity index (χ0n) is 11.3. The summed E-state index contributed by atoms with van der Waals surface area (Å²) in [5.41, 5.74) is 0. The molecule has 0 saturated carbocycles. The maximum absolute atomic E-state index is 11.5. The summed E-state index contributed by atoms with van der Waals surface area (Å²) in [6.07, 6.45) is 0.705. The highest BCUT2D eigenvalue weighted by Gasteiger charge is 2.17. The molecule has 1 heterocycles. The summed E-state index contributed by atoms with van der Waals surface area (Å²) in [4.78, 5) is 11.5. The smallest absolute Gasteiger partial charge is 0.322 e. The third-order valence-corrected chi connectivity index (χ3v) is 3.68. The van der Waals surface area contributed by atoms with Gasteiger partial charge < -0.3 is 14.6 Å². The normalized spacial score (nSPS) is 12.4. The molecule has 1 aromatic heterocycles. The van der Waals surface area contributed by atoms with Crippen molar-refractivity contribution in [3.63, 3.8) is 0 Å². The van der Waals surface area contributed by atoms with Crippen LogP contribution in [0.15, 0.2) is 5.16 Å². The van der Waals surface area contributed by atoms with Crippen LogP contribution >= 0.6 is 11.8 Å². The molecule has 1 rings (SSSR count). The summed E-state index contributed by atoms with van der Waals surface area (Å²) in [5, 5.41) is 12.0. The monoisotopic (exact) mass is 272 g/mol. The summed E-state index contributed by atoms with van der Waals surface area (Å²) in [7, 11) is 3.34. The van der Waals surface area contributed by atoms with E-state index in [4.69, 9.17) is 4.74 Å². The van der Waals surface area contributed by atoms with Gasteiger partial charge in [-0.25, -0.2) is 0 Å². The number of nitrogens with one attached hydrogen (secondary N) is 1. The van der Waals surface area contributed by atoms with E-state index in [1.807, 2.05) is 25.5 Å². The molecule has 1 aromatic rings. The summed E-state index contributed by atoms with van der Waals surface area (Å²) in [5.74, 6) is 1.46. The number of esters is 1. The Labute approximate surface area is 111 Å². The summed E-state index contributed by atoms with van der Waals surface area (Å²) in [6.45, 7) is 4.62. The standard InChI is InChI=1S/C11H20N4O2S/c1-5-12-9(10(16)17-4)6-7-18-11-14-13-8(2)15(11)3/h9,12H,5-7H2,1-4H3. The van der Waals surface area contributed by atoms with Gasteiger partial charge in [-0.15, -0.1) is 10.2 Å². The first-order valence-corrected chi connectivity index (χ1v) is 6.88. The lowest BCUT2D eigenvalue weighted by molar-refractivity contribution is -0.143. The van der Waals surface area contributed by atoms with Crippen LogP contribution in [0.1, 0.15) is 19.2 Å². The van der Waals surface area contributed by atoms with Gasteiger partial charge in [0.25, 0.3) is 0 Å². The van der Waals surface area contributed by atoms with Crippen LogP contribution in [0.25, 0.3) is 0 Å². The molecular formula is C11H20N4O2S. The Hall–Kier alpha value is -1.08. The lowest BCUT2D eigenvalue weighted by Crippen LogP contribution is -2.37. The molecule has 1 unspecified atom stereocenters. The van der Waals surface area contributed by atoms with Crippen molar-refractivity contribution in [2.45, 2.75) is 31.5 Å². The summed E-state index contributed by atoms with van der Waals surface area (Å²) >= 11 is 1.59. The van der Waals surface area contributed by atoms with E-state index in [9.17, 15) is 4.79 Å². The molecule has 0 amide bonds. The molecule has 102 valence electrons. The van der Waals surface area contributed by atoms with Gasteiger partial charge in [-0.05, 0) is 19.9 Å². The quantitative estimate of drug-likeness (QED) is 0.584. The fraction of sp³-hybridized carbons (Fsp3) is 0.727. The Morgan fingerprint density at radius 3 is 2.78 bits per heavy atom. The molecule has 0 aliphatic carbocycles. The summed E-state index contributed by atoms with van der Waals surface area (Å²) < 4.78 is 6.69. The first kappa shape index (κ1) is 15.0. The molecule has 0 bridgehead atoms. The highest BCUT2D eigenvalue weighted by molar-refractivity contribution is 7.99. The predicted molar refractivity (Wildman–Crippen MR) is 70.6 cm³/mol. The highest BCUT2D eigenvalue weighted by atomic mass is 32.2. The number of hydrogen-bond donors (Lipinski definition) is 1. The van der Waals surface area contributed by atoms with Gasteiger partial charge >= 0.3 is 5.97 Å². The molecule has 1 atom stereocenters. The topological polar surface area (TPSA) is 69.0 Å². The molecule has 0 fully saturated rings. The minimum absolute atomic E-state index is 0.216. The minimum Gasteiger partial charge on any atom is -0.468 e. The first-order valence-electron chi connectivity index (χ1n) is 5.90. The van der Waals surface area contributed by atoms with E-state index in [0.29, 0.717) is 6.42 Å². The van der Waals surface area contributed by atoms with Crippen molar-refractivity contribution >= 4 is 17.7 Å². The van der Waals surface area contributed by atoms with Crippen LogP contribution in [0.5, 0.6) is 0 Å². The zero-order valence-corrected chi connectivity index (χ0v) is 12.1. The third kappa shape index (κ3) is 3.99. The number of carbonyl (C=O) groups excluding carboxylic acids is 1. The van der Waals surface area contributed by atoms with E-state index < -0.39 is 0 Å². The Bertz CT molecular complexity index is 394. The number of aromatic nitrogens is 3. The van der Waals surface area contributed by atoms with Gasteiger partial charge in [0.1, 0.15) is 11.9 Å². The molecule has 0 aromatic carbocycles. The van der Waals surface area contributed by atoms with Crippen LogP contribution in [0.3, 0.4) is 0 Å². The number of nitrogens with zero attached hydrogens (tertiary/aromatic N) is 3. The van der Waals surface area contributed by atoms with Gasteiger partial charge in [0.15, 0.2) is 5.16 Å². The molecule has 1 N–H and O–H groups in total. The van der Waals surface area contributed by atoms with E-state index in [0.717, 1.165) is 23.3 Å². The number of ether oxygens (including phenoxy) is 1. The minimum atomic E-state index is -0.248. The molecule has 0 radical (unpaired) electrons. The number of hydrogen-bond acceptors (Lipinski definition) is 6. The van der Waals surface area contributed by atoms with Crippen molar-refractivity contribution in [3.8, 4) is 0 Å². The van der Waals surface area contributed by atoms with E-state index in [2.05, 4.69) is 15.5 Å². The highest BCUT2D eigenvalue weighted by Crippen LogP contribution is 2.17. The number of aryl methyl sites for hydroxylation is 1. The molecular weight excluding hydrogens is 252 g/mol. The largest absolute Gasteiger partial charge is 0.468 e. The molecule has 6 nitrogen and oxygen atoms in total. The molecule has 0 saturated heterocycles. The van der Waals surface area contributed by atoms with Gasteiger partial charge in [0.2, 0.25) is 0 Å². The van der Waals surface area contributed by atoms with Gasteiger partial charge in [-0.3, -0.25) is 4.79 Å². The van der Waals surface area contributed by atoms with E-state index in [1.54, 1.807) is 11.8 Å². The van der Waals surface area contributed by atoms with Crippen molar-refractivity contribution in [2.24, 2.45) is 7.05 Å². The number of thioether (sulfide) groups is 1. The molecule has 7 heteroatoms. The first-order chi connectivity index (χ1) is 8.60. The number of likely N-dealkylation sites (N-methyl/N-ethyl adjacent to an activating group) is 1. The Kier molecular flexibility index (Phi) is 6.14. The van der Waals surface area contributed by atoms with E-state index in [1.165, 1.54) is 7.11 Å². The van der Waals surface area contributed by atoms with Crippen molar-refractivity contribution in [1.82, 2.24) is 20.1 Å². The molecule has 0 aliphatic heterocycles. The second kappa shape index (κ2) is 7.38. The zero-order chi connectivity index (χ0) is 13.5. The van der Waals surface area contributed by atoms with Crippen LogP contribution < -0.4 is 5.32 Å². The lowest BCUT2D eigenvalue weighted by atomic mass is 10.2. The average Bonchev–Trinajstić information content (AvgIpc) is 2.68. The van der Waals surface area contributed by atoms with Crippen molar-refractivity contribution < 1.29 is 9.53 Å². The number of carbonyl (C=O) groups is 1. The SMILES string of the molecule is CCNC(CCSc1nnc(C)n1C)C(=O)OC. The van der Waals surface area contributed by atoms with Crippen LogP contribution in [-0.2, 0) is 16.6 Å². The van der Waals surface area contributed by atoms with E-state index in [-0.39, 0.29) is 12.0 Å². The lowest BCUT2D eigenvalue weighted by Gasteiger charge is -2.14. The van der Waals surface area contributed by atoms with Crippen molar-refractivity contribution in [3.05, 3.63) is 5.82 Å². The number of rotatable bonds is 7. The van der Waals surface area contributed by atoms with Crippen LogP contribution in [0.4, 0.5) is 0 Å². The van der Waals surface area contributed by atoms with Crippen LogP contribution in [0, 0.1) is 6.92 Å². The predicted octanol–water partition coefficient (Wildman–Crippen LogP) is 0.757. The third-order valence-electron chi connectivity index (χ3n) is 2.63. The Morgan fingerprint density at radius 2 is 2.28 bits per heavy atom. The molecule has 0 aliphatic rings. The number of methoxy groups -OCH3 is 1. The van der Waals surface area contributed by atoms with E-state index >= 15 is 0 Å². The second-order valence-corrected chi connectivity index (χ2v) is 4.92. The summed E-state index contributed by atoms with van der Waals surface area (Å²) in [6, 6.07) is -0.248. The van der Waals surface area contributed by atoms with Crippen LogP contribution in [0.2, 0.25) is 0 Å². The second-order valence-electron chi connectivity index (χ2n) is 3.86. The van der Waals surface area contributed by atoms with Gasteiger partial charge in [0, 0.05) is 12.8 Å². The maximum atomic E-state index is 11.5. The fourth-order valence-corrected chi connectivity index (χ4v) is 2.43. The Morgan fingerprint density at radius 1 is 1.56 bits per heavy atom. The maximum Gasteiger partial charge on any atom is 0.322 e. The van der Waals surface area contributed by atoms with Gasteiger partial charge in [-0.2, -0.15) is 0 Å². The molecule has 18 heavy (non-hydrogen) atoms. The fourth-order valence-electron chi connectivity index (χ4n) is 1.47. The van der Waals surface area contributed by atoms with Crippen molar-refractivity contribution in [1.29, 1.82) is 0 Å². The van der Waals surface area contributed by atoms with Gasteiger partial charge in [-0.1, -0.05) is 18.7 Å². The Balaban J connectivity index is 2.43. The van der Waals surface area contributed by atoms with Crippen molar-refractivity contribution in [2.75, 3.05) is 19.4 Å². The van der Waals surface area contributed by atoms with Gasteiger partial charge in [0.05, 0.1) is 7.11 Å². The average molecular weight is 272 g/mol. The van der Waals surface area contributed by atoms with Crippen LogP contribution in [-0.4, -0.2) is 46.2 Å².